The van der Waals surface area contributed by atoms with Crippen molar-refractivity contribution >= 4 is 33.3 Å². The molecular weight excluding hydrogens is 312 g/mol. The molecule has 0 aliphatic carbocycles. The Bertz CT molecular complexity index is 593. The fourth-order valence-electron chi connectivity index (χ4n) is 1.73. The number of halogens is 2. The van der Waals surface area contributed by atoms with Crippen molar-refractivity contribution in [3.63, 3.8) is 0 Å². The molecule has 0 fully saturated rings. The summed E-state index contributed by atoms with van der Waals surface area (Å²) in [6.07, 6.45) is 0.329. The van der Waals surface area contributed by atoms with Crippen molar-refractivity contribution in [2.45, 2.75) is 13.3 Å². The summed E-state index contributed by atoms with van der Waals surface area (Å²) in [4.78, 5) is 12.1. The van der Waals surface area contributed by atoms with E-state index in [0.29, 0.717) is 17.0 Å². The predicted octanol–water partition coefficient (Wildman–Crippen LogP) is 4.84. The molecule has 2 aromatic carbocycles. The van der Waals surface area contributed by atoms with Gasteiger partial charge >= 0.3 is 0 Å². The molecule has 0 aromatic heterocycles. The zero-order valence-electron chi connectivity index (χ0n) is 9.91. The second-order valence-electron chi connectivity index (χ2n) is 4.21. The topological polar surface area (TPSA) is 17.1 Å². The first kappa shape index (κ1) is 13.3. The van der Waals surface area contributed by atoms with Gasteiger partial charge in [0, 0.05) is 21.5 Å². The van der Waals surface area contributed by atoms with Crippen molar-refractivity contribution < 1.29 is 4.79 Å². The third-order valence-corrected chi connectivity index (χ3v) is 3.55. The number of aryl methyl sites for hydroxylation is 1. The first-order chi connectivity index (χ1) is 8.56. The minimum Gasteiger partial charge on any atom is -0.294 e. The molecule has 0 aliphatic heterocycles. The van der Waals surface area contributed by atoms with Gasteiger partial charge in [-0.15, -0.1) is 0 Å². The van der Waals surface area contributed by atoms with Gasteiger partial charge < -0.3 is 0 Å². The first-order valence-electron chi connectivity index (χ1n) is 5.60. The summed E-state index contributed by atoms with van der Waals surface area (Å²) in [6, 6.07) is 13.2. The van der Waals surface area contributed by atoms with E-state index in [1.807, 2.05) is 49.4 Å². The van der Waals surface area contributed by atoms with Gasteiger partial charge in [-0.25, -0.2) is 0 Å². The summed E-state index contributed by atoms with van der Waals surface area (Å²) in [5.41, 5.74) is 2.66. The normalized spacial score (nSPS) is 10.4. The highest BCUT2D eigenvalue weighted by molar-refractivity contribution is 9.10. The van der Waals surface area contributed by atoms with E-state index in [0.717, 1.165) is 15.6 Å². The number of benzene rings is 2. The van der Waals surface area contributed by atoms with Crippen LogP contribution >= 0.6 is 27.5 Å². The summed E-state index contributed by atoms with van der Waals surface area (Å²) in [5, 5.41) is 0.651. The molecule has 0 heterocycles. The van der Waals surface area contributed by atoms with Gasteiger partial charge in [0.25, 0.3) is 0 Å². The molecule has 0 amide bonds. The maximum atomic E-state index is 12.1. The van der Waals surface area contributed by atoms with Crippen LogP contribution in [0.25, 0.3) is 0 Å². The Morgan fingerprint density at radius 3 is 2.67 bits per heavy atom. The molecule has 18 heavy (non-hydrogen) atoms. The van der Waals surface area contributed by atoms with Gasteiger partial charge in [0.15, 0.2) is 5.78 Å². The zero-order chi connectivity index (χ0) is 13.1. The molecule has 3 heteroatoms. The molecule has 0 radical (unpaired) electrons. The van der Waals surface area contributed by atoms with E-state index in [9.17, 15) is 4.79 Å². The molecule has 92 valence electrons. The van der Waals surface area contributed by atoms with E-state index < -0.39 is 0 Å². The van der Waals surface area contributed by atoms with Crippen LogP contribution in [0.4, 0.5) is 0 Å². The molecule has 0 spiro atoms. The van der Waals surface area contributed by atoms with Crippen molar-refractivity contribution in [1.29, 1.82) is 0 Å². The lowest BCUT2D eigenvalue weighted by atomic mass is 10.0. The van der Waals surface area contributed by atoms with Crippen molar-refractivity contribution in [3.8, 4) is 0 Å². The minimum atomic E-state index is 0.0713. The molecule has 0 N–H and O–H groups in total. The van der Waals surface area contributed by atoms with E-state index in [2.05, 4.69) is 15.9 Å². The predicted molar refractivity (Wildman–Crippen MR) is 78.4 cm³/mol. The fourth-order valence-corrected chi connectivity index (χ4v) is 2.43. The molecule has 0 saturated carbocycles. The van der Waals surface area contributed by atoms with Crippen molar-refractivity contribution in [1.82, 2.24) is 0 Å². The van der Waals surface area contributed by atoms with Crippen LogP contribution in [0.1, 0.15) is 21.5 Å². The number of Topliss-reactive ketones (excluding diaryl/α,β-unsaturated/α-hetero) is 1. The summed E-state index contributed by atoms with van der Waals surface area (Å²) in [6.45, 7) is 1.98. The first-order valence-corrected chi connectivity index (χ1v) is 6.77. The number of hydrogen-bond donors (Lipinski definition) is 0. The Kier molecular flexibility index (Phi) is 4.20. The summed E-state index contributed by atoms with van der Waals surface area (Å²) in [5.74, 6) is 0.0713. The maximum Gasteiger partial charge on any atom is 0.167 e. The summed E-state index contributed by atoms with van der Waals surface area (Å²) >= 11 is 9.49. The lowest BCUT2D eigenvalue weighted by Crippen LogP contribution is -2.04. The van der Waals surface area contributed by atoms with Crippen LogP contribution < -0.4 is 0 Å². The molecule has 2 aromatic rings. The molecule has 2 rings (SSSR count). The van der Waals surface area contributed by atoms with Crippen molar-refractivity contribution in [3.05, 3.63) is 68.7 Å². The van der Waals surface area contributed by atoms with E-state index in [1.165, 1.54) is 0 Å². The second-order valence-corrected chi connectivity index (χ2v) is 5.53. The smallest absolute Gasteiger partial charge is 0.167 e. The number of carbonyl (C=O) groups excluding carboxylic acids is 1. The van der Waals surface area contributed by atoms with Gasteiger partial charge in [-0.05, 0) is 36.2 Å². The van der Waals surface area contributed by atoms with Crippen LogP contribution in [0.3, 0.4) is 0 Å². The highest BCUT2D eigenvalue weighted by Crippen LogP contribution is 2.20. The minimum absolute atomic E-state index is 0.0713. The largest absolute Gasteiger partial charge is 0.294 e. The van der Waals surface area contributed by atoms with Crippen molar-refractivity contribution in [2.24, 2.45) is 0 Å². The Morgan fingerprint density at radius 2 is 2.00 bits per heavy atom. The van der Waals surface area contributed by atoms with Crippen molar-refractivity contribution in [2.75, 3.05) is 0 Å². The van der Waals surface area contributed by atoms with Gasteiger partial charge in [0.05, 0.1) is 0 Å². The standard InChI is InChI=1S/C15H12BrClO/c1-10-5-6-11(14(17)7-10)9-15(18)12-3-2-4-13(16)8-12/h2-8H,9H2,1H3. The molecule has 0 bridgehead atoms. The third kappa shape index (κ3) is 3.21. The highest BCUT2D eigenvalue weighted by atomic mass is 79.9. The monoisotopic (exact) mass is 322 g/mol. The average molecular weight is 324 g/mol. The van der Waals surface area contributed by atoms with E-state index in [-0.39, 0.29) is 5.78 Å². The van der Waals surface area contributed by atoms with Gasteiger partial charge in [0.1, 0.15) is 0 Å². The van der Waals surface area contributed by atoms with Crippen LogP contribution in [0.5, 0.6) is 0 Å². The maximum absolute atomic E-state index is 12.1. The number of hydrogen-bond acceptors (Lipinski definition) is 1. The SMILES string of the molecule is Cc1ccc(CC(=O)c2cccc(Br)c2)c(Cl)c1. The van der Waals surface area contributed by atoms with Gasteiger partial charge in [-0.3, -0.25) is 4.79 Å². The Morgan fingerprint density at radius 1 is 1.22 bits per heavy atom. The Balaban J connectivity index is 2.21. The average Bonchev–Trinajstić information content (AvgIpc) is 2.32. The van der Waals surface area contributed by atoms with Crippen LogP contribution in [0, 0.1) is 6.92 Å². The number of rotatable bonds is 3. The van der Waals surface area contributed by atoms with E-state index in [1.54, 1.807) is 0 Å². The Hall–Kier alpha value is -1.12. The zero-order valence-corrected chi connectivity index (χ0v) is 12.3. The lowest BCUT2D eigenvalue weighted by Gasteiger charge is -2.05. The fraction of sp³-hybridized carbons (Fsp3) is 0.133. The highest BCUT2D eigenvalue weighted by Gasteiger charge is 2.10. The molecule has 0 aliphatic rings. The van der Waals surface area contributed by atoms with Crippen LogP contribution in [0.2, 0.25) is 5.02 Å². The Labute approximate surface area is 120 Å². The number of carbonyl (C=O) groups is 1. The number of ketones is 1. The quantitative estimate of drug-likeness (QED) is 0.739. The molecule has 1 nitrogen and oxygen atoms in total. The molecular formula is C15H12BrClO. The van der Waals surface area contributed by atoms with Crippen LogP contribution in [-0.4, -0.2) is 5.78 Å². The van der Waals surface area contributed by atoms with Gasteiger partial charge in [-0.2, -0.15) is 0 Å². The second kappa shape index (κ2) is 5.68. The van der Waals surface area contributed by atoms with Gasteiger partial charge in [0.2, 0.25) is 0 Å². The van der Waals surface area contributed by atoms with E-state index >= 15 is 0 Å². The lowest BCUT2D eigenvalue weighted by molar-refractivity contribution is 0.0993. The van der Waals surface area contributed by atoms with Gasteiger partial charge in [-0.1, -0.05) is 51.8 Å². The molecule has 0 saturated heterocycles. The van der Waals surface area contributed by atoms with E-state index in [4.69, 9.17) is 11.6 Å². The van der Waals surface area contributed by atoms with Crippen LogP contribution in [-0.2, 0) is 6.42 Å². The molecule has 0 atom stereocenters. The van der Waals surface area contributed by atoms with Crippen LogP contribution in [0.15, 0.2) is 46.9 Å². The summed E-state index contributed by atoms with van der Waals surface area (Å²) in [7, 11) is 0. The molecule has 0 unspecified atom stereocenters. The third-order valence-electron chi connectivity index (χ3n) is 2.71. The summed E-state index contributed by atoms with van der Waals surface area (Å²) < 4.78 is 0.906.